The molecule has 1 saturated heterocycles. The lowest BCUT2D eigenvalue weighted by molar-refractivity contribution is 0.0596. The Labute approximate surface area is 129 Å². The summed E-state index contributed by atoms with van der Waals surface area (Å²) in [7, 11) is -1.38. The van der Waals surface area contributed by atoms with Gasteiger partial charge in [-0.05, 0) is 44.1 Å². The highest BCUT2D eigenvalue weighted by Gasteiger charge is 2.32. The van der Waals surface area contributed by atoms with Crippen molar-refractivity contribution >= 4 is 16.0 Å². The van der Waals surface area contributed by atoms with Crippen LogP contribution < -0.4 is 5.32 Å². The van der Waals surface area contributed by atoms with Crippen molar-refractivity contribution in [1.29, 1.82) is 0 Å². The number of halogens is 1. The maximum Gasteiger partial charge on any atom is 0.339 e. The van der Waals surface area contributed by atoms with Gasteiger partial charge < -0.3 is 10.1 Å². The minimum atomic E-state index is -3.98. The van der Waals surface area contributed by atoms with E-state index in [1.54, 1.807) is 0 Å². The van der Waals surface area contributed by atoms with E-state index in [2.05, 4.69) is 10.1 Å². The number of esters is 1. The highest BCUT2D eigenvalue weighted by Crippen LogP contribution is 2.25. The van der Waals surface area contributed by atoms with E-state index < -0.39 is 21.8 Å². The highest BCUT2D eigenvalue weighted by atomic mass is 32.2. The molecule has 22 heavy (non-hydrogen) atoms. The summed E-state index contributed by atoms with van der Waals surface area (Å²) in [5.41, 5.74) is -0.162. The van der Waals surface area contributed by atoms with Crippen molar-refractivity contribution in [3.63, 3.8) is 0 Å². The van der Waals surface area contributed by atoms with Crippen molar-refractivity contribution < 1.29 is 22.3 Å². The number of sulfonamides is 1. The van der Waals surface area contributed by atoms with E-state index in [1.807, 2.05) is 0 Å². The fourth-order valence-corrected chi connectivity index (χ4v) is 4.11. The number of carbonyl (C=O) groups excluding carboxylic acids is 1. The van der Waals surface area contributed by atoms with Crippen LogP contribution in [0.3, 0.4) is 0 Å². The Hall–Kier alpha value is -1.51. The number of hydrogen-bond acceptors (Lipinski definition) is 5. The van der Waals surface area contributed by atoms with Crippen LogP contribution in [0.4, 0.5) is 4.39 Å². The van der Waals surface area contributed by atoms with E-state index in [0.717, 1.165) is 38.4 Å². The SMILES string of the molecule is COC(=O)c1ccc(F)cc1S(=O)(=O)N(C)C1CCNCC1. The molecule has 1 heterocycles. The zero-order valence-electron chi connectivity index (χ0n) is 12.5. The van der Waals surface area contributed by atoms with Gasteiger partial charge in [-0.1, -0.05) is 0 Å². The lowest BCUT2D eigenvalue weighted by Crippen LogP contribution is -2.44. The number of carbonyl (C=O) groups is 1. The first kappa shape index (κ1) is 16.9. The van der Waals surface area contributed by atoms with Gasteiger partial charge >= 0.3 is 5.97 Å². The van der Waals surface area contributed by atoms with Crippen molar-refractivity contribution in [1.82, 2.24) is 9.62 Å². The molecular weight excluding hydrogens is 311 g/mol. The highest BCUT2D eigenvalue weighted by molar-refractivity contribution is 7.89. The molecule has 0 atom stereocenters. The fraction of sp³-hybridized carbons (Fsp3) is 0.500. The monoisotopic (exact) mass is 330 g/mol. The number of hydrogen-bond donors (Lipinski definition) is 1. The molecular formula is C14H19FN2O4S. The van der Waals surface area contributed by atoms with E-state index in [9.17, 15) is 17.6 Å². The van der Waals surface area contributed by atoms with Crippen molar-refractivity contribution in [3.8, 4) is 0 Å². The van der Waals surface area contributed by atoms with Crippen LogP contribution in [-0.4, -0.2) is 52.0 Å². The molecule has 1 aromatic carbocycles. The fourth-order valence-electron chi connectivity index (χ4n) is 2.51. The summed E-state index contributed by atoms with van der Waals surface area (Å²) in [6.07, 6.45) is 1.33. The predicted molar refractivity (Wildman–Crippen MR) is 78.6 cm³/mol. The quantitative estimate of drug-likeness (QED) is 0.833. The molecule has 0 spiro atoms. The van der Waals surface area contributed by atoms with Crippen LogP contribution in [0.25, 0.3) is 0 Å². The van der Waals surface area contributed by atoms with E-state index in [-0.39, 0.29) is 16.5 Å². The third-order valence-corrected chi connectivity index (χ3v) is 5.78. The molecule has 0 bridgehead atoms. The van der Waals surface area contributed by atoms with Gasteiger partial charge in [-0.2, -0.15) is 4.31 Å². The van der Waals surface area contributed by atoms with Gasteiger partial charge in [-0.3, -0.25) is 0 Å². The molecule has 1 aliphatic rings. The molecule has 2 rings (SSSR count). The van der Waals surface area contributed by atoms with Crippen molar-refractivity contribution in [3.05, 3.63) is 29.6 Å². The molecule has 0 amide bonds. The molecule has 122 valence electrons. The Bertz CT molecular complexity index is 657. The summed E-state index contributed by atoms with van der Waals surface area (Å²) in [5.74, 6) is -1.53. The van der Waals surface area contributed by atoms with Crippen LogP contribution in [0.1, 0.15) is 23.2 Å². The Balaban J connectivity index is 2.43. The third-order valence-electron chi connectivity index (χ3n) is 3.83. The van der Waals surface area contributed by atoms with Crippen molar-refractivity contribution in [2.75, 3.05) is 27.2 Å². The van der Waals surface area contributed by atoms with Crippen molar-refractivity contribution in [2.24, 2.45) is 0 Å². The predicted octanol–water partition coefficient (Wildman–Crippen LogP) is 0.985. The third kappa shape index (κ3) is 3.29. The maximum atomic E-state index is 13.5. The van der Waals surface area contributed by atoms with Crippen molar-refractivity contribution in [2.45, 2.75) is 23.8 Å². The molecule has 8 heteroatoms. The summed E-state index contributed by atoms with van der Waals surface area (Å²) >= 11 is 0. The summed E-state index contributed by atoms with van der Waals surface area (Å²) in [6, 6.07) is 2.85. The molecule has 6 nitrogen and oxygen atoms in total. The minimum absolute atomic E-state index is 0.162. The molecule has 1 N–H and O–H groups in total. The number of nitrogens with one attached hydrogen (secondary N) is 1. The van der Waals surface area contributed by atoms with Gasteiger partial charge in [0.15, 0.2) is 0 Å². The Morgan fingerprint density at radius 3 is 2.59 bits per heavy atom. The van der Waals surface area contributed by atoms with E-state index in [1.165, 1.54) is 11.4 Å². The average Bonchev–Trinajstić information content (AvgIpc) is 2.54. The normalized spacial score (nSPS) is 16.7. The van der Waals surface area contributed by atoms with Crippen LogP contribution in [0, 0.1) is 5.82 Å². The first-order valence-corrected chi connectivity index (χ1v) is 8.38. The zero-order chi connectivity index (χ0) is 16.3. The van der Waals surface area contributed by atoms with E-state index in [4.69, 9.17) is 0 Å². The number of nitrogens with zero attached hydrogens (tertiary/aromatic N) is 1. The van der Waals surface area contributed by atoms with Crippen LogP contribution in [0.5, 0.6) is 0 Å². The van der Waals surface area contributed by atoms with Gasteiger partial charge in [0.25, 0.3) is 0 Å². The number of benzene rings is 1. The second-order valence-electron chi connectivity index (χ2n) is 5.13. The maximum absolute atomic E-state index is 13.5. The lowest BCUT2D eigenvalue weighted by atomic mass is 10.1. The topological polar surface area (TPSA) is 75.7 Å². The first-order chi connectivity index (χ1) is 10.4. The Morgan fingerprint density at radius 1 is 1.36 bits per heavy atom. The van der Waals surface area contributed by atoms with Gasteiger partial charge in [-0.25, -0.2) is 17.6 Å². The van der Waals surface area contributed by atoms with Gasteiger partial charge in [0.1, 0.15) is 5.82 Å². The molecule has 0 radical (unpaired) electrons. The molecule has 0 unspecified atom stereocenters. The molecule has 0 aliphatic carbocycles. The minimum Gasteiger partial charge on any atom is -0.465 e. The summed E-state index contributed by atoms with van der Waals surface area (Å²) in [4.78, 5) is 11.4. The Morgan fingerprint density at radius 2 is 2.00 bits per heavy atom. The summed E-state index contributed by atoms with van der Waals surface area (Å²) < 4.78 is 44.8. The molecule has 1 fully saturated rings. The molecule has 1 aliphatic heterocycles. The average molecular weight is 330 g/mol. The lowest BCUT2D eigenvalue weighted by Gasteiger charge is -2.31. The largest absolute Gasteiger partial charge is 0.465 e. The molecule has 0 saturated carbocycles. The number of piperidine rings is 1. The Kier molecular flexibility index (Phi) is 5.15. The molecule has 0 aromatic heterocycles. The number of methoxy groups -OCH3 is 1. The summed E-state index contributed by atoms with van der Waals surface area (Å²) in [5, 5.41) is 3.15. The molecule has 1 aromatic rings. The van der Waals surface area contributed by atoms with Crippen LogP contribution in [-0.2, 0) is 14.8 Å². The number of rotatable bonds is 4. The van der Waals surface area contributed by atoms with Crippen LogP contribution in [0.15, 0.2) is 23.1 Å². The second-order valence-corrected chi connectivity index (χ2v) is 7.10. The number of ether oxygens (including phenoxy) is 1. The van der Waals surface area contributed by atoms with Gasteiger partial charge in [-0.15, -0.1) is 0 Å². The summed E-state index contributed by atoms with van der Waals surface area (Å²) in [6.45, 7) is 1.44. The zero-order valence-corrected chi connectivity index (χ0v) is 13.3. The van der Waals surface area contributed by atoms with E-state index >= 15 is 0 Å². The van der Waals surface area contributed by atoms with E-state index in [0.29, 0.717) is 12.8 Å². The smallest absolute Gasteiger partial charge is 0.339 e. The van der Waals surface area contributed by atoms with Crippen LogP contribution in [0.2, 0.25) is 0 Å². The van der Waals surface area contributed by atoms with Crippen LogP contribution >= 0.6 is 0 Å². The first-order valence-electron chi connectivity index (χ1n) is 6.94. The van der Waals surface area contributed by atoms with Gasteiger partial charge in [0, 0.05) is 13.1 Å². The van der Waals surface area contributed by atoms with Gasteiger partial charge in [0.2, 0.25) is 10.0 Å². The van der Waals surface area contributed by atoms with Gasteiger partial charge in [0.05, 0.1) is 17.6 Å². The second kappa shape index (κ2) is 6.72. The standard InChI is InChI=1S/C14H19FN2O4S/c1-17(11-5-7-16-8-6-11)22(19,20)13-9-10(15)3-4-12(13)14(18)21-2/h3-4,9,11,16H,5-8H2,1-2H3.